The largest absolute Gasteiger partial charge is 0.315 e. The van der Waals surface area contributed by atoms with Gasteiger partial charge in [-0.2, -0.15) is 0 Å². The van der Waals surface area contributed by atoms with Crippen LogP contribution in [0.1, 0.15) is 71.1 Å². The van der Waals surface area contributed by atoms with Crippen LogP contribution in [0.2, 0.25) is 0 Å². The third-order valence-corrected chi connectivity index (χ3v) is 5.53. The molecular formula is C17H34N2. The second-order valence-corrected chi connectivity index (χ2v) is 6.70. The fourth-order valence-corrected chi connectivity index (χ4v) is 4.17. The Kier molecular flexibility index (Phi) is 6.66. The SMILES string of the molecule is CCC1CCCN(C2CCCCCCC2NC)CC1. The molecule has 1 aliphatic heterocycles. The molecule has 0 aromatic carbocycles. The van der Waals surface area contributed by atoms with Crippen molar-refractivity contribution in [2.45, 2.75) is 83.2 Å². The number of nitrogens with zero attached hydrogens (tertiary/aromatic N) is 1. The molecule has 2 nitrogen and oxygen atoms in total. The van der Waals surface area contributed by atoms with Gasteiger partial charge in [-0.15, -0.1) is 0 Å². The summed E-state index contributed by atoms with van der Waals surface area (Å²) in [6.07, 6.45) is 14.3. The fraction of sp³-hybridized carbons (Fsp3) is 1.00. The Bertz CT molecular complexity index is 241. The highest BCUT2D eigenvalue weighted by Gasteiger charge is 2.28. The minimum absolute atomic E-state index is 0.735. The van der Waals surface area contributed by atoms with Crippen LogP contribution < -0.4 is 5.32 Å². The normalized spacial score (nSPS) is 35.4. The van der Waals surface area contributed by atoms with Crippen LogP contribution in [0.25, 0.3) is 0 Å². The van der Waals surface area contributed by atoms with E-state index < -0.39 is 0 Å². The molecule has 112 valence electrons. The predicted molar refractivity (Wildman–Crippen MR) is 83.5 cm³/mol. The van der Waals surface area contributed by atoms with E-state index in [1.807, 2.05) is 0 Å². The Balaban J connectivity index is 1.95. The second kappa shape index (κ2) is 8.26. The highest BCUT2D eigenvalue weighted by atomic mass is 15.2. The molecule has 0 bridgehead atoms. The molecule has 1 N–H and O–H groups in total. The molecule has 2 rings (SSSR count). The van der Waals surface area contributed by atoms with Gasteiger partial charge in [-0.3, -0.25) is 4.90 Å². The van der Waals surface area contributed by atoms with Gasteiger partial charge in [0.15, 0.2) is 0 Å². The Labute approximate surface area is 120 Å². The van der Waals surface area contributed by atoms with Crippen molar-refractivity contribution in [3.8, 4) is 0 Å². The summed E-state index contributed by atoms with van der Waals surface area (Å²) in [6, 6.07) is 1.54. The van der Waals surface area contributed by atoms with Crippen molar-refractivity contribution in [2.24, 2.45) is 5.92 Å². The van der Waals surface area contributed by atoms with Crippen molar-refractivity contribution in [1.29, 1.82) is 0 Å². The van der Waals surface area contributed by atoms with Gasteiger partial charge in [-0.1, -0.05) is 39.0 Å². The van der Waals surface area contributed by atoms with Crippen molar-refractivity contribution in [2.75, 3.05) is 20.1 Å². The van der Waals surface area contributed by atoms with E-state index >= 15 is 0 Å². The number of likely N-dealkylation sites (tertiary alicyclic amines) is 1. The maximum atomic E-state index is 3.62. The van der Waals surface area contributed by atoms with E-state index in [0.29, 0.717) is 0 Å². The molecule has 3 unspecified atom stereocenters. The topological polar surface area (TPSA) is 15.3 Å². The van der Waals surface area contributed by atoms with Crippen molar-refractivity contribution < 1.29 is 0 Å². The summed E-state index contributed by atoms with van der Waals surface area (Å²) < 4.78 is 0. The second-order valence-electron chi connectivity index (χ2n) is 6.70. The van der Waals surface area contributed by atoms with Gasteiger partial charge in [-0.05, 0) is 58.2 Å². The number of nitrogens with one attached hydrogen (secondary N) is 1. The van der Waals surface area contributed by atoms with Gasteiger partial charge in [0.25, 0.3) is 0 Å². The lowest BCUT2D eigenvalue weighted by Gasteiger charge is -2.38. The zero-order valence-corrected chi connectivity index (χ0v) is 13.2. The summed E-state index contributed by atoms with van der Waals surface area (Å²) in [4.78, 5) is 2.84. The van der Waals surface area contributed by atoms with Crippen LogP contribution in [0.5, 0.6) is 0 Å². The average molecular weight is 266 g/mol. The van der Waals surface area contributed by atoms with E-state index in [2.05, 4.69) is 24.2 Å². The summed E-state index contributed by atoms with van der Waals surface area (Å²) >= 11 is 0. The molecule has 1 saturated heterocycles. The summed E-state index contributed by atoms with van der Waals surface area (Å²) in [5, 5.41) is 3.62. The lowest BCUT2D eigenvalue weighted by atomic mass is 9.91. The smallest absolute Gasteiger partial charge is 0.0249 e. The molecule has 2 aliphatic rings. The summed E-state index contributed by atoms with van der Waals surface area (Å²) in [5.74, 6) is 0.992. The average Bonchev–Trinajstić information content (AvgIpc) is 2.64. The Morgan fingerprint density at radius 2 is 1.68 bits per heavy atom. The van der Waals surface area contributed by atoms with E-state index in [4.69, 9.17) is 0 Å². The van der Waals surface area contributed by atoms with Crippen LogP contribution in [-0.4, -0.2) is 37.1 Å². The number of hydrogen-bond donors (Lipinski definition) is 1. The van der Waals surface area contributed by atoms with Crippen molar-refractivity contribution in [3.63, 3.8) is 0 Å². The van der Waals surface area contributed by atoms with Crippen LogP contribution in [0.3, 0.4) is 0 Å². The molecule has 2 heteroatoms. The van der Waals surface area contributed by atoms with Gasteiger partial charge >= 0.3 is 0 Å². The third kappa shape index (κ3) is 4.46. The van der Waals surface area contributed by atoms with Crippen LogP contribution in [0, 0.1) is 5.92 Å². The van der Waals surface area contributed by atoms with E-state index in [-0.39, 0.29) is 0 Å². The molecule has 1 saturated carbocycles. The standard InChI is InChI=1S/C17H34N2/c1-3-15-9-8-13-19(14-12-15)17-11-7-5-4-6-10-16(17)18-2/h15-18H,3-14H2,1-2H3. The molecular weight excluding hydrogens is 232 g/mol. The maximum absolute atomic E-state index is 3.62. The van der Waals surface area contributed by atoms with Crippen molar-refractivity contribution >= 4 is 0 Å². The Hall–Kier alpha value is -0.0800. The lowest BCUT2D eigenvalue weighted by molar-refractivity contribution is 0.139. The van der Waals surface area contributed by atoms with E-state index in [1.165, 1.54) is 77.3 Å². The number of likely N-dealkylation sites (N-methyl/N-ethyl adjacent to an activating group) is 1. The zero-order valence-electron chi connectivity index (χ0n) is 13.2. The molecule has 0 spiro atoms. The molecule has 0 radical (unpaired) electrons. The van der Waals surface area contributed by atoms with Crippen molar-refractivity contribution in [1.82, 2.24) is 10.2 Å². The predicted octanol–water partition coefficient (Wildman–Crippen LogP) is 3.81. The Morgan fingerprint density at radius 1 is 0.895 bits per heavy atom. The van der Waals surface area contributed by atoms with Crippen LogP contribution in [-0.2, 0) is 0 Å². The zero-order chi connectivity index (χ0) is 13.5. The van der Waals surface area contributed by atoms with Gasteiger partial charge in [0.2, 0.25) is 0 Å². The van der Waals surface area contributed by atoms with Gasteiger partial charge in [-0.25, -0.2) is 0 Å². The van der Waals surface area contributed by atoms with Gasteiger partial charge in [0, 0.05) is 12.1 Å². The summed E-state index contributed by atoms with van der Waals surface area (Å²) in [6.45, 7) is 5.06. The summed E-state index contributed by atoms with van der Waals surface area (Å²) in [7, 11) is 2.17. The first-order chi connectivity index (χ1) is 9.35. The van der Waals surface area contributed by atoms with E-state index in [9.17, 15) is 0 Å². The first kappa shape index (κ1) is 15.3. The molecule has 3 atom stereocenters. The lowest BCUT2D eigenvalue weighted by Crippen LogP contribution is -2.50. The molecule has 2 fully saturated rings. The molecule has 1 aliphatic carbocycles. The van der Waals surface area contributed by atoms with Gasteiger partial charge < -0.3 is 5.32 Å². The Morgan fingerprint density at radius 3 is 2.42 bits per heavy atom. The molecule has 1 heterocycles. The minimum atomic E-state index is 0.735. The quantitative estimate of drug-likeness (QED) is 0.835. The highest BCUT2D eigenvalue weighted by molar-refractivity contribution is 4.86. The monoisotopic (exact) mass is 266 g/mol. The first-order valence-electron chi connectivity index (χ1n) is 8.76. The summed E-state index contributed by atoms with van der Waals surface area (Å²) in [5.41, 5.74) is 0. The fourth-order valence-electron chi connectivity index (χ4n) is 4.17. The number of rotatable bonds is 3. The highest BCUT2D eigenvalue weighted by Crippen LogP contribution is 2.26. The van der Waals surface area contributed by atoms with Crippen LogP contribution in [0.4, 0.5) is 0 Å². The van der Waals surface area contributed by atoms with E-state index in [1.54, 1.807) is 0 Å². The maximum Gasteiger partial charge on any atom is 0.0249 e. The third-order valence-electron chi connectivity index (χ3n) is 5.53. The minimum Gasteiger partial charge on any atom is -0.315 e. The number of hydrogen-bond acceptors (Lipinski definition) is 2. The van der Waals surface area contributed by atoms with Crippen LogP contribution in [0.15, 0.2) is 0 Å². The van der Waals surface area contributed by atoms with Gasteiger partial charge in [0.05, 0.1) is 0 Å². The molecule has 0 aromatic heterocycles. The van der Waals surface area contributed by atoms with Crippen molar-refractivity contribution in [3.05, 3.63) is 0 Å². The molecule has 19 heavy (non-hydrogen) atoms. The molecule has 0 aromatic rings. The van der Waals surface area contributed by atoms with Gasteiger partial charge in [0.1, 0.15) is 0 Å². The van der Waals surface area contributed by atoms with Crippen LogP contribution >= 0.6 is 0 Å². The first-order valence-corrected chi connectivity index (χ1v) is 8.76. The molecule has 0 amide bonds. The van der Waals surface area contributed by atoms with E-state index in [0.717, 1.165) is 18.0 Å².